The first-order valence-corrected chi connectivity index (χ1v) is 12.3. The van der Waals surface area contributed by atoms with Crippen LogP contribution in [-0.4, -0.2) is 68.7 Å². The average molecular weight is 474 g/mol. The molecule has 0 saturated carbocycles. The largest absolute Gasteiger partial charge is 0.490 e. The van der Waals surface area contributed by atoms with E-state index in [1.165, 1.54) is 0 Å². The number of carbonyl (C=O) groups is 1. The number of benzene rings is 2. The molecule has 0 bridgehead atoms. The van der Waals surface area contributed by atoms with Crippen molar-refractivity contribution in [3.63, 3.8) is 0 Å². The Morgan fingerprint density at radius 1 is 1.09 bits per heavy atom. The number of nitrogens with zero attached hydrogens (tertiary/aromatic N) is 2. The normalized spacial score (nSPS) is 15.8. The summed E-state index contributed by atoms with van der Waals surface area (Å²) in [6, 6.07) is 13.4. The molecule has 1 aliphatic heterocycles. The van der Waals surface area contributed by atoms with Crippen molar-refractivity contribution >= 4 is 17.5 Å². The highest BCUT2D eigenvalue weighted by atomic mass is 35.5. The van der Waals surface area contributed by atoms with Gasteiger partial charge >= 0.3 is 0 Å². The van der Waals surface area contributed by atoms with Gasteiger partial charge in [0.2, 0.25) is 0 Å². The lowest BCUT2D eigenvalue weighted by atomic mass is 10.0. The molecule has 0 aliphatic carbocycles. The van der Waals surface area contributed by atoms with Crippen LogP contribution in [0.4, 0.5) is 0 Å². The highest BCUT2D eigenvalue weighted by molar-refractivity contribution is 6.32. The molecular formula is C26H36ClN3O3. The number of nitrogens with one attached hydrogen (secondary N) is 1. The van der Waals surface area contributed by atoms with E-state index in [-0.39, 0.29) is 11.9 Å². The molecule has 1 fully saturated rings. The number of rotatable bonds is 11. The Kier molecular flexibility index (Phi) is 9.85. The summed E-state index contributed by atoms with van der Waals surface area (Å²) in [6.45, 7) is 9.81. The van der Waals surface area contributed by atoms with Crippen LogP contribution in [0.15, 0.2) is 42.5 Å². The maximum Gasteiger partial charge on any atom is 0.252 e. The molecule has 33 heavy (non-hydrogen) atoms. The van der Waals surface area contributed by atoms with Crippen LogP contribution in [0.2, 0.25) is 5.02 Å². The second-order valence-corrected chi connectivity index (χ2v) is 8.87. The maximum atomic E-state index is 13.3. The van der Waals surface area contributed by atoms with Crippen molar-refractivity contribution in [3.8, 4) is 11.5 Å². The van der Waals surface area contributed by atoms with Crippen molar-refractivity contribution in [3.05, 3.63) is 58.6 Å². The smallest absolute Gasteiger partial charge is 0.252 e. The van der Waals surface area contributed by atoms with Crippen molar-refractivity contribution in [2.45, 2.75) is 32.7 Å². The summed E-state index contributed by atoms with van der Waals surface area (Å²) in [5.41, 5.74) is 1.55. The van der Waals surface area contributed by atoms with E-state index in [1.807, 2.05) is 25.1 Å². The van der Waals surface area contributed by atoms with Gasteiger partial charge in [0, 0.05) is 38.3 Å². The van der Waals surface area contributed by atoms with Crippen LogP contribution in [-0.2, 0) is 0 Å². The zero-order valence-corrected chi connectivity index (χ0v) is 20.7. The third-order valence-electron chi connectivity index (χ3n) is 5.86. The minimum atomic E-state index is -0.180. The predicted octanol–water partition coefficient (Wildman–Crippen LogP) is 4.64. The topological polar surface area (TPSA) is 54.0 Å². The molecule has 1 N–H and O–H groups in total. The van der Waals surface area contributed by atoms with Crippen LogP contribution in [0.3, 0.4) is 0 Å². The minimum absolute atomic E-state index is 0.128. The van der Waals surface area contributed by atoms with E-state index < -0.39 is 0 Å². The molecule has 1 atom stereocenters. The van der Waals surface area contributed by atoms with E-state index in [4.69, 9.17) is 21.1 Å². The summed E-state index contributed by atoms with van der Waals surface area (Å²) in [5, 5.41) is 3.61. The Morgan fingerprint density at radius 2 is 1.82 bits per heavy atom. The second-order valence-electron chi connectivity index (χ2n) is 8.46. The Balaban J connectivity index is 1.79. The van der Waals surface area contributed by atoms with Crippen molar-refractivity contribution in [1.82, 2.24) is 15.1 Å². The fourth-order valence-electron chi connectivity index (χ4n) is 3.87. The SMILES string of the molecule is CCCCOc1c(Cl)cc(C(=O)NC(CN2CCN(C)CC2)c2ccccc2)cc1OCC. The summed E-state index contributed by atoms with van der Waals surface area (Å²) < 4.78 is 11.6. The fraction of sp³-hybridized carbons (Fsp3) is 0.500. The van der Waals surface area contributed by atoms with E-state index in [0.29, 0.717) is 35.3 Å². The molecule has 6 nitrogen and oxygen atoms in total. The first-order chi connectivity index (χ1) is 16.0. The van der Waals surface area contributed by atoms with Crippen LogP contribution >= 0.6 is 11.6 Å². The number of ether oxygens (including phenoxy) is 2. The van der Waals surface area contributed by atoms with Crippen molar-refractivity contribution < 1.29 is 14.3 Å². The number of piperazine rings is 1. The Bertz CT molecular complexity index is 886. The van der Waals surface area contributed by atoms with Crippen LogP contribution in [0, 0.1) is 0 Å². The minimum Gasteiger partial charge on any atom is -0.490 e. The molecule has 0 aromatic heterocycles. The van der Waals surface area contributed by atoms with Gasteiger partial charge in [-0.1, -0.05) is 55.3 Å². The van der Waals surface area contributed by atoms with Gasteiger partial charge in [0.25, 0.3) is 5.91 Å². The third-order valence-corrected chi connectivity index (χ3v) is 6.14. The Morgan fingerprint density at radius 3 is 2.48 bits per heavy atom. The first kappa shape index (κ1) is 25.3. The highest BCUT2D eigenvalue weighted by Crippen LogP contribution is 2.37. The fourth-order valence-corrected chi connectivity index (χ4v) is 4.14. The number of halogens is 1. The molecule has 2 aromatic rings. The molecule has 2 aromatic carbocycles. The van der Waals surface area contributed by atoms with Gasteiger partial charge in [-0.25, -0.2) is 0 Å². The lowest BCUT2D eigenvalue weighted by Gasteiger charge is -2.35. The third kappa shape index (κ3) is 7.36. The number of amides is 1. The van der Waals surface area contributed by atoms with Gasteiger partial charge in [-0.3, -0.25) is 9.69 Å². The molecule has 1 aliphatic rings. The molecule has 1 saturated heterocycles. The zero-order chi connectivity index (χ0) is 23.6. The van der Waals surface area contributed by atoms with Gasteiger partial charge in [0.1, 0.15) is 0 Å². The Labute approximate surface area is 202 Å². The van der Waals surface area contributed by atoms with Crippen LogP contribution < -0.4 is 14.8 Å². The van der Waals surface area contributed by atoms with E-state index in [2.05, 4.69) is 41.2 Å². The van der Waals surface area contributed by atoms with Gasteiger partial charge < -0.3 is 19.7 Å². The van der Waals surface area contributed by atoms with Gasteiger partial charge in [-0.15, -0.1) is 0 Å². The van der Waals surface area contributed by atoms with Crippen LogP contribution in [0.5, 0.6) is 11.5 Å². The summed E-state index contributed by atoms with van der Waals surface area (Å²) >= 11 is 6.52. The molecule has 0 radical (unpaired) electrons. The van der Waals surface area contributed by atoms with Crippen molar-refractivity contribution in [2.75, 3.05) is 53.0 Å². The number of unbranched alkanes of at least 4 members (excludes halogenated alkanes) is 1. The molecule has 0 spiro atoms. The monoisotopic (exact) mass is 473 g/mol. The Hall–Kier alpha value is -2.28. The number of likely N-dealkylation sites (N-methyl/N-ethyl adjacent to an activating group) is 1. The summed E-state index contributed by atoms with van der Waals surface area (Å²) in [7, 11) is 2.14. The van der Waals surface area contributed by atoms with Gasteiger partial charge in [-0.2, -0.15) is 0 Å². The van der Waals surface area contributed by atoms with Crippen molar-refractivity contribution in [2.24, 2.45) is 0 Å². The van der Waals surface area contributed by atoms with E-state index in [9.17, 15) is 4.79 Å². The van der Waals surface area contributed by atoms with Crippen LogP contribution in [0.1, 0.15) is 48.7 Å². The molecule has 3 rings (SSSR count). The lowest BCUT2D eigenvalue weighted by Crippen LogP contribution is -2.47. The first-order valence-electron chi connectivity index (χ1n) is 11.9. The molecule has 180 valence electrons. The molecule has 7 heteroatoms. The van der Waals surface area contributed by atoms with Crippen LogP contribution in [0.25, 0.3) is 0 Å². The summed E-state index contributed by atoms with van der Waals surface area (Å²) in [6.07, 6.45) is 1.95. The van der Waals surface area contributed by atoms with Gasteiger partial charge in [0.05, 0.1) is 24.3 Å². The molecular weight excluding hydrogens is 438 g/mol. The number of hydrogen-bond acceptors (Lipinski definition) is 5. The average Bonchev–Trinajstić information content (AvgIpc) is 2.82. The highest BCUT2D eigenvalue weighted by Gasteiger charge is 2.23. The predicted molar refractivity (Wildman–Crippen MR) is 134 cm³/mol. The molecule has 1 unspecified atom stereocenters. The quantitative estimate of drug-likeness (QED) is 0.482. The summed E-state index contributed by atoms with van der Waals surface area (Å²) in [5.74, 6) is 0.822. The van der Waals surface area contributed by atoms with E-state index in [0.717, 1.165) is 51.1 Å². The van der Waals surface area contributed by atoms with E-state index >= 15 is 0 Å². The lowest BCUT2D eigenvalue weighted by molar-refractivity contribution is 0.0906. The van der Waals surface area contributed by atoms with Gasteiger partial charge in [-0.05, 0) is 38.1 Å². The molecule has 1 heterocycles. The molecule has 1 amide bonds. The van der Waals surface area contributed by atoms with Gasteiger partial charge in [0.15, 0.2) is 11.5 Å². The number of carbonyl (C=O) groups excluding carboxylic acids is 1. The maximum absolute atomic E-state index is 13.3. The summed E-state index contributed by atoms with van der Waals surface area (Å²) in [4.78, 5) is 18.0. The van der Waals surface area contributed by atoms with Crippen molar-refractivity contribution in [1.29, 1.82) is 0 Å². The standard InChI is InChI=1S/C26H36ClN3O3/c1-4-6-16-33-25-22(27)17-21(18-24(25)32-5-2)26(31)28-23(20-10-8-7-9-11-20)19-30-14-12-29(3)13-15-30/h7-11,17-18,23H,4-6,12-16,19H2,1-3H3,(H,28,31). The van der Waals surface area contributed by atoms with E-state index in [1.54, 1.807) is 12.1 Å². The number of hydrogen-bond donors (Lipinski definition) is 1. The zero-order valence-electron chi connectivity index (χ0n) is 20.0. The second kappa shape index (κ2) is 12.8.